The number of pyridine rings is 1. The van der Waals surface area contributed by atoms with Crippen LogP contribution in [-0.4, -0.2) is 18.6 Å². The highest BCUT2D eigenvalue weighted by atomic mass is 35.5. The number of aromatic nitrogens is 1. The van der Waals surface area contributed by atoms with Gasteiger partial charge in [-0.1, -0.05) is 18.2 Å². The molecule has 1 aromatic carbocycles. The van der Waals surface area contributed by atoms with Crippen molar-refractivity contribution in [3.05, 3.63) is 59.9 Å². The highest BCUT2D eigenvalue weighted by molar-refractivity contribution is 6.17. The molecule has 0 amide bonds. The first kappa shape index (κ1) is 12.9. The van der Waals surface area contributed by atoms with Crippen molar-refractivity contribution in [2.24, 2.45) is 0 Å². The van der Waals surface area contributed by atoms with Gasteiger partial charge < -0.3 is 4.90 Å². The van der Waals surface area contributed by atoms with E-state index in [-0.39, 0.29) is 0 Å². The van der Waals surface area contributed by atoms with E-state index >= 15 is 0 Å². The van der Waals surface area contributed by atoms with Crippen molar-refractivity contribution in [3.63, 3.8) is 0 Å². The summed E-state index contributed by atoms with van der Waals surface area (Å²) in [4.78, 5) is 6.56. The SMILES string of the molecule is CN(CCc1ccccn1)c1ccc(CCl)cc1. The van der Waals surface area contributed by atoms with Crippen LogP contribution in [0.4, 0.5) is 5.69 Å². The average molecular weight is 261 g/mol. The second-order valence-corrected chi connectivity index (χ2v) is 4.56. The Morgan fingerprint density at radius 3 is 2.50 bits per heavy atom. The molecule has 94 valence electrons. The van der Waals surface area contributed by atoms with Crippen molar-refractivity contribution >= 4 is 17.3 Å². The molecule has 0 aliphatic rings. The predicted molar refractivity (Wildman–Crippen MR) is 77.2 cm³/mol. The van der Waals surface area contributed by atoms with Gasteiger partial charge in [-0.2, -0.15) is 0 Å². The fraction of sp³-hybridized carbons (Fsp3) is 0.267. The largest absolute Gasteiger partial charge is 0.374 e. The maximum atomic E-state index is 5.78. The summed E-state index contributed by atoms with van der Waals surface area (Å²) < 4.78 is 0. The van der Waals surface area contributed by atoms with Crippen molar-refractivity contribution in [2.45, 2.75) is 12.3 Å². The molecule has 0 fully saturated rings. The second-order valence-electron chi connectivity index (χ2n) is 4.29. The Balaban J connectivity index is 1.93. The lowest BCUT2D eigenvalue weighted by Crippen LogP contribution is -2.20. The number of halogens is 1. The zero-order chi connectivity index (χ0) is 12.8. The van der Waals surface area contributed by atoms with Crippen molar-refractivity contribution in [3.8, 4) is 0 Å². The minimum absolute atomic E-state index is 0.567. The Labute approximate surface area is 113 Å². The highest BCUT2D eigenvalue weighted by Crippen LogP contribution is 2.15. The third-order valence-electron chi connectivity index (χ3n) is 2.96. The molecular formula is C15H17ClN2. The lowest BCUT2D eigenvalue weighted by Gasteiger charge is -2.19. The Morgan fingerprint density at radius 1 is 1.11 bits per heavy atom. The van der Waals surface area contributed by atoms with E-state index in [0.717, 1.165) is 24.2 Å². The fourth-order valence-corrected chi connectivity index (χ4v) is 1.98. The first-order valence-corrected chi connectivity index (χ1v) is 6.59. The molecule has 0 N–H and O–H groups in total. The molecule has 2 rings (SSSR count). The van der Waals surface area contributed by atoms with Gasteiger partial charge >= 0.3 is 0 Å². The molecule has 2 aromatic rings. The van der Waals surface area contributed by atoms with Gasteiger partial charge in [0.1, 0.15) is 0 Å². The van der Waals surface area contributed by atoms with Crippen molar-refractivity contribution in [1.29, 1.82) is 0 Å². The van der Waals surface area contributed by atoms with E-state index < -0.39 is 0 Å². The van der Waals surface area contributed by atoms with Crippen LogP contribution < -0.4 is 4.90 Å². The van der Waals surface area contributed by atoms with Crippen LogP contribution in [0.3, 0.4) is 0 Å². The molecule has 18 heavy (non-hydrogen) atoms. The summed E-state index contributed by atoms with van der Waals surface area (Å²) in [5.74, 6) is 0.567. The summed E-state index contributed by atoms with van der Waals surface area (Å²) in [6, 6.07) is 14.4. The van der Waals surface area contributed by atoms with E-state index in [1.54, 1.807) is 0 Å². The number of hydrogen-bond donors (Lipinski definition) is 0. The smallest absolute Gasteiger partial charge is 0.0474 e. The third kappa shape index (κ3) is 3.47. The maximum Gasteiger partial charge on any atom is 0.0474 e. The average Bonchev–Trinajstić information content (AvgIpc) is 2.46. The standard InChI is InChI=1S/C15H17ClN2/c1-18(11-9-14-4-2-3-10-17-14)15-7-5-13(12-16)6-8-15/h2-8,10H,9,11-12H2,1H3. The van der Waals surface area contributed by atoms with Crippen LogP contribution in [0.1, 0.15) is 11.3 Å². The molecule has 0 aliphatic carbocycles. The first-order chi connectivity index (χ1) is 8.79. The first-order valence-electron chi connectivity index (χ1n) is 6.05. The third-order valence-corrected chi connectivity index (χ3v) is 3.27. The van der Waals surface area contributed by atoms with Gasteiger partial charge in [-0.15, -0.1) is 11.6 Å². The molecular weight excluding hydrogens is 244 g/mol. The number of hydrogen-bond acceptors (Lipinski definition) is 2. The number of likely N-dealkylation sites (N-methyl/N-ethyl adjacent to an activating group) is 1. The summed E-state index contributed by atoms with van der Waals surface area (Å²) in [6.45, 7) is 0.956. The second kappa shape index (κ2) is 6.41. The van der Waals surface area contributed by atoms with Crippen LogP contribution in [0, 0.1) is 0 Å². The summed E-state index contributed by atoms with van der Waals surface area (Å²) in [7, 11) is 2.10. The summed E-state index contributed by atoms with van der Waals surface area (Å²) in [5.41, 5.74) is 3.49. The molecule has 3 heteroatoms. The van der Waals surface area contributed by atoms with Crippen LogP contribution in [0.5, 0.6) is 0 Å². The van der Waals surface area contributed by atoms with Gasteiger partial charge in [0.05, 0.1) is 0 Å². The van der Waals surface area contributed by atoms with Gasteiger partial charge in [0.15, 0.2) is 0 Å². The van der Waals surface area contributed by atoms with Crippen LogP contribution in [0.25, 0.3) is 0 Å². The zero-order valence-electron chi connectivity index (χ0n) is 10.5. The Kier molecular flexibility index (Phi) is 4.59. The normalized spacial score (nSPS) is 10.3. The summed E-state index contributed by atoms with van der Waals surface area (Å²) in [6.07, 6.45) is 2.79. The molecule has 1 aromatic heterocycles. The fourth-order valence-electron chi connectivity index (χ4n) is 1.80. The molecule has 0 atom stereocenters. The van der Waals surface area contributed by atoms with E-state index in [9.17, 15) is 0 Å². The molecule has 0 unspecified atom stereocenters. The molecule has 1 heterocycles. The van der Waals surface area contributed by atoms with E-state index in [2.05, 4.69) is 47.3 Å². The van der Waals surface area contributed by atoms with E-state index in [0.29, 0.717) is 5.88 Å². The van der Waals surface area contributed by atoms with E-state index in [1.807, 2.05) is 18.3 Å². The van der Waals surface area contributed by atoms with E-state index in [1.165, 1.54) is 5.69 Å². The number of benzene rings is 1. The van der Waals surface area contributed by atoms with Crippen LogP contribution in [-0.2, 0) is 12.3 Å². The van der Waals surface area contributed by atoms with Crippen molar-refractivity contribution < 1.29 is 0 Å². The number of anilines is 1. The van der Waals surface area contributed by atoms with Gasteiger partial charge in [0.2, 0.25) is 0 Å². The Hall–Kier alpha value is -1.54. The zero-order valence-corrected chi connectivity index (χ0v) is 11.3. The predicted octanol–water partition coefficient (Wildman–Crippen LogP) is 3.50. The monoisotopic (exact) mass is 260 g/mol. The molecule has 0 radical (unpaired) electrons. The number of rotatable bonds is 5. The molecule has 2 nitrogen and oxygen atoms in total. The van der Waals surface area contributed by atoms with Gasteiger partial charge in [0.25, 0.3) is 0 Å². The Bertz CT molecular complexity index is 468. The topological polar surface area (TPSA) is 16.1 Å². The molecule has 0 saturated carbocycles. The summed E-state index contributed by atoms with van der Waals surface area (Å²) >= 11 is 5.78. The molecule has 0 spiro atoms. The lowest BCUT2D eigenvalue weighted by atomic mass is 10.2. The van der Waals surface area contributed by atoms with Crippen molar-refractivity contribution in [2.75, 3.05) is 18.5 Å². The minimum Gasteiger partial charge on any atom is -0.374 e. The van der Waals surface area contributed by atoms with Gasteiger partial charge in [-0.25, -0.2) is 0 Å². The van der Waals surface area contributed by atoms with Gasteiger partial charge in [-0.05, 0) is 29.8 Å². The lowest BCUT2D eigenvalue weighted by molar-refractivity contribution is 0.852. The van der Waals surface area contributed by atoms with Gasteiger partial charge in [-0.3, -0.25) is 4.98 Å². The van der Waals surface area contributed by atoms with Gasteiger partial charge in [0, 0.05) is 43.5 Å². The van der Waals surface area contributed by atoms with Crippen LogP contribution in [0.15, 0.2) is 48.7 Å². The number of nitrogens with zero attached hydrogens (tertiary/aromatic N) is 2. The molecule has 0 saturated heterocycles. The Morgan fingerprint density at radius 2 is 1.89 bits per heavy atom. The number of alkyl halides is 1. The van der Waals surface area contributed by atoms with Crippen LogP contribution in [0.2, 0.25) is 0 Å². The molecule has 0 aliphatic heterocycles. The van der Waals surface area contributed by atoms with Crippen LogP contribution >= 0.6 is 11.6 Å². The van der Waals surface area contributed by atoms with Crippen molar-refractivity contribution in [1.82, 2.24) is 4.98 Å². The highest BCUT2D eigenvalue weighted by Gasteiger charge is 2.01. The quantitative estimate of drug-likeness (QED) is 0.765. The molecule has 0 bridgehead atoms. The summed E-state index contributed by atoms with van der Waals surface area (Å²) in [5, 5.41) is 0. The van der Waals surface area contributed by atoms with E-state index in [4.69, 9.17) is 11.6 Å². The maximum absolute atomic E-state index is 5.78. The minimum atomic E-state index is 0.567.